The second kappa shape index (κ2) is 8.43. The van der Waals surface area contributed by atoms with E-state index in [1.165, 1.54) is 28.7 Å². The molecule has 3 rings (SSSR count). The first-order chi connectivity index (χ1) is 13.3. The predicted molar refractivity (Wildman–Crippen MR) is 108 cm³/mol. The molecule has 0 spiro atoms. The van der Waals surface area contributed by atoms with E-state index in [0.717, 1.165) is 23.3 Å². The first kappa shape index (κ1) is 20.5. The third-order valence-electron chi connectivity index (χ3n) is 5.87. The Hall–Kier alpha value is -2.22. The van der Waals surface area contributed by atoms with Crippen LogP contribution in [0.4, 0.5) is 0 Å². The molecule has 8 heteroatoms. The first-order valence-electron chi connectivity index (χ1n) is 9.68. The van der Waals surface area contributed by atoms with Crippen LogP contribution in [0.15, 0.2) is 11.1 Å². The van der Waals surface area contributed by atoms with Gasteiger partial charge in [0.2, 0.25) is 0 Å². The molecule has 1 aliphatic carbocycles. The highest BCUT2D eigenvalue weighted by Crippen LogP contribution is 2.29. The number of nitrogens with zero attached hydrogens (tertiary/aromatic N) is 2. The Kier molecular flexibility index (Phi) is 6.17. The molecule has 3 atom stereocenters. The van der Waals surface area contributed by atoms with Crippen LogP contribution in [0.5, 0.6) is 0 Å². The van der Waals surface area contributed by atoms with E-state index in [1.807, 2.05) is 13.8 Å². The molecule has 2 aromatic heterocycles. The Bertz CT molecular complexity index is 949. The van der Waals surface area contributed by atoms with Crippen molar-refractivity contribution in [2.75, 3.05) is 6.61 Å². The molecule has 1 N–H and O–H groups in total. The number of aryl methyl sites for hydroxylation is 2. The van der Waals surface area contributed by atoms with Crippen LogP contribution < -0.4 is 10.9 Å². The maximum absolute atomic E-state index is 12.6. The number of fused-ring (bicyclic) bond motifs is 1. The number of rotatable bonds is 5. The fourth-order valence-corrected chi connectivity index (χ4v) is 4.74. The SMILES string of the molecule is Cc1sc2ncn(CC(=O)OCC(=O)N[C@H]3CCC[C@H](C)[C@@H]3C)c(=O)c2c1C. The van der Waals surface area contributed by atoms with Gasteiger partial charge in [-0.3, -0.25) is 19.0 Å². The zero-order valence-corrected chi connectivity index (χ0v) is 17.6. The van der Waals surface area contributed by atoms with E-state index < -0.39 is 5.97 Å². The molecular formula is C20H27N3O4S. The minimum atomic E-state index is -0.631. The van der Waals surface area contributed by atoms with Gasteiger partial charge in [0.1, 0.15) is 11.4 Å². The third-order valence-corrected chi connectivity index (χ3v) is 6.99. The van der Waals surface area contributed by atoms with Crippen molar-refractivity contribution in [1.29, 1.82) is 0 Å². The second-order valence-corrected chi connectivity index (χ2v) is 8.95. The molecule has 0 radical (unpaired) electrons. The van der Waals surface area contributed by atoms with Crippen molar-refractivity contribution in [2.24, 2.45) is 11.8 Å². The lowest BCUT2D eigenvalue weighted by molar-refractivity contribution is -0.149. The van der Waals surface area contributed by atoms with Gasteiger partial charge in [0.05, 0.1) is 11.7 Å². The average Bonchev–Trinajstić information content (AvgIpc) is 2.94. The maximum Gasteiger partial charge on any atom is 0.326 e. The van der Waals surface area contributed by atoms with E-state index in [-0.39, 0.29) is 30.7 Å². The van der Waals surface area contributed by atoms with Gasteiger partial charge in [-0.05, 0) is 37.7 Å². The Morgan fingerprint density at radius 2 is 2.07 bits per heavy atom. The summed E-state index contributed by atoms with van der Waals surface area (Å²) >= 11 is 1.46. The molecule has 1 amide bonds. The Morgan fingerprint density at radius 3 is 2.82 bits per heavy atom. The van der Waals surface area contributed by atoms with Crippen molar-refractivity contribution in [3.8, 4) is 0 Å². The molecule has 1 saturated carbocycles. The van der Waals surface area contributed by atoms with E-state index in [4.69, 9.17) is 4.74 Å². The lowest BCUT2D eigenvalue weighted by Crippen LogP contribution is -2.45. The lowest BCUT2D eigenvalue weighted by atomic mass is 9.78. The Labute approximate surface area is 168 Å². The van der Waals surface area contributed by atoms with E-state index in [9.17, 15) is 14.4 Å². The zero-order chi connectivity index (χ0) is 20.4. The highest BCUT2D eigenvalue weighted by molar-refractivity contribution is 7.18. The van der Waals surface area contributed by atoms with Gasteiger partial charge in [0, 0.05) is 10.9 Å². The van der Waals surface area contributed by atoms with Crippen LogP contribution in [0.25, 0.3) is 10.2 Å². The van der Waals surface area contributed by atoms with Crippen LogP contribution in [0.1, 0.15) is 43.6 Å². The van der Waals surface area contributed by atoms with Gasteiger partial charge in [-0.15, -0.1) is 11.3 Å². The zero-order valence-electron chi connectivity index (χ0n) is 16.8. The minimum absolute atomic E-state index is 0.119. The van der Waals surface area contributed by atoms with Crippen LogP contribution in [0.3, 0.4) is 0 Å². The molecule has 7 nitrogen and oxygen atoms in total. The average molecular weight is 406 g/mol. The van der Waals surface area contributed by atoms with Crippen molar-refractivity contribution in [3.05, 3.63) is 27.1 Å². The number of carbonyl (C=O) groups is 2. The van der Waals surface area contributed by atoms with Crippen LogP contribution >= 0.6 is 11.3 Å². The first-order valence-corrected chi connectivity index (χ1v) is 10.5. The Balaban J connectivity index is 1.56. The molecule has 152 valence electrons. The molecule has 2 heterocycles. The maximum atomic E-state index is 12.6. The van der Waals surface area contributed by atoms with Crippen molar-refractivity contribution in [1.82, 2.24) is 14.9 Å². The number of hydrogen-bond donors (Lipinski definition) is 1. The summed E-state index contributed by atoms with van der Waals surface area (Å²) in [6.07, 6.45) is 4.58. The van der Waals surface area contributed by atoms with E-state index >= 15 is 0 Å². The molecule has 1 aliphatic rings. The number of ether oxygens (including phenoxy) is 1. The summed E-state index contributed by atoms with van der Waals surface area (Å²) in [5.74, 6) is 0.0415. The molecular weight excluding hydrogens is 378 g/mol. The number of aromatic nitrogens is 2. The Morgan fingerprint density at radius 1 is 1.32 bits per heavy atom. The van der Waals surface area contributed by atoms with Gasteiger partial charge in [-0.25, -0.2) is 4.98 Å². The van der Waals surface area contributed by atoms with Gasteiger partial charge in [0.25, 0.3) is 11.5 Å². The second-order valence-electron chi connectivity index (χ2n) is 7.74. The van der Waals surface area contributed by atoms with Crippen molar-refractivity contribution < 1.29 is 14.3 Å². The van der Waals surface area contributed by atoms with Gasteiger partial charge >= 0.3 is 5.97 Å². The predicted octanol–water partition coefficient (Wildman–Crippen LogP) is 2.56. The summed E-state index contributed by atoms with van der Waals surface area (Å²) in [7, 11) is 0. The molecule has 2 aromatic rings. The van der Waals surface area contributed by atoms with Crippen LogP contribution in [0, 0.1) is 25.7 Å². The van der Waals surface area contributed by atoms with E-state index in [2.05, 4.69) is 24.1 Å². The van der Waals surface area contributed by atoms with Gasteiger partial charge < -0.3 is 10.1 Å². The number of esters is 1. The monoisotopic (exact) mass is 405 g/mol. The fourth-order valence-electron chi connectivity index (χ4n) is 3.75. The quantitative estimate of drug-likeness (QED) is 0.772. The highest BCUT2D eigenvalue weighted by atomic mass is 32.1. The van der Waals surface area contributed by atoms with Crippen molar-refractivity contribution in [2.45, 2.75) is 59.5 Å². The smallest absolute Gasteiger partial charge is 0.326 e. The summed E-state index contributed by atoms with van der Waals surface area (Å²) < 4.78 is 6.31. The standard InChI is InChI=1S/C20H27N3O4S/c1-11-6-5-7-15(12(11)2)22-16(24)9-27-17(25)8-23-10-21-19-18(20(23)26)13(3)14(4)28-19/h10-12,15H,5-9H2,1-4H3,(H,22,24)/t11-,12-,15-/m0/s1. The van der Waals surface area contributed by atoms with E-state index in [0.29, 0.717) is 22.1 Å². The molecule has 0 saturated heterocycles. The molecule has 0 bridgehead atoms. The summed E-state index contributed by atoms with van der Waals surface area (Å²) in [5.41, 5.74) is 0.619. The van der Waals surface area contributed by atoms with Crippen molar-refractivity contribution >= 4 is 33.4 Å². The van der Waals surface area contributed by atoms with Crippen LogP contribution in [0.2, 0.25) is 0 Å². The minimum Gasteiger partial charge on any atom is -0.454 e. The third kappa shape index (κ3) is 4.27. The molecule has 1 fully saturated rings. The normalized spacial score (nSPS) is 22.2. The lowest BCUT2D eigenvalue weighted by Gasteiger charge is -2.34. The fraction of sp³-hybridized carbons (Fsp3) is 0.600. The summed E-state index contributed by atoms with van der Waals surface area (Å²) in [5, 5.41) is 3.51. The summed E-state index contributed by atoms with van der Waals surface area (Å²) in [6.45, 7) is 7.55. The number of nitrogens with one attached hydrogen (secondary N) is 1. The topological polar surface area (TPSA) is 90.3 Å². The molecule has 28 heavy (non-hydrogen) atoms. The van der Waals surface area contributed by atoms with Gasteiger partial charge in [0.15, 0.2) is 6.61 Å². The number of carbonyl (C=O) groups excluding carboxylic acids is 2. The van der Waals surface area contributed by atoms with Crippen LogP contribution in [-0.4, -0.2) is 34.1 Å². The van der Waals surface area contributed by atoms with Crippen LogP contribution in [-0.2, 0) is 20.9 Å². The van der Waals surface area contributed by atoms with Crippen molar-refractivity contribution in [3.63, 3.8) is 0 Å². The number of thiophene rings is 1. The molecule has 0 aromatic carbocycles. The van der Waals surface area contributed by atoms with Gasteiger partial charge in [-0.1, -0.05) is 26.7 Å². The molecule has 0 unspecified atom stereocenters. The number of amides is 1. The largest absolute Gasteiger partial charge is 0.454 e. The highest BCUT2D eigenvalue weighted by Gasteiger charge is 2.28. The van der Waals surface area contributed by atoms with Gasteiger partial charge in [-0.2, -0.15) is 0 Å². The molecule has 0 aliphatic heterocycles. The summed E-state index contributed by atoms with van der Waals surface area (Å²) in [4.78, 5) is 42.8. The van der Waals surface area contributed by atoms with E-state index in [1.54, 1.807) is 0 Å². The number of hydrogen-bond acceptors (Lipinski definition) is 6. The summed E-state index contributed by atoms with van der Waals surface area (Å²) in [6, 6.07) is 0.119.